The fourth-order valence-corrected chi connectivity index (χ4v) is 8.95. The van der Waals surface area contributed by atoms with Crippen LogP contribution in [0.25, 0.3) is 11.2 Å². The number of aliphatic hydroxyl groups is 2. The molecule has 2 amide bonds. The number of amides is 2. The number of carboxylic acid groups (broad SMARTS) is 1. The molecule has 1 fully saturated rings. The molecule has 1 saturated heterocycles. The Bertz CT molecular complexity index is 2040. The first-order valence-electron chi connectivity index (χ1n) is 18.5. The number of nitrogens with one attached hydrogen (secondary N) is 2. The number of phosphoric ester groups is 3. The van der Waals surface area contributed by atoms with E-state index in [1.807, 2.05) is 0 Å². The lowest BCUT2D eigenvalue weighted by Gasteiger charge is -2.36. The van der Waals surface area contributed by atoms with Gasteiger partial charge in [-0.25, -0.2) is 19.3 Å². The number of nitrogen functional groups attached to an aromatic ring is 1. The van der Waals surface area contributed by atoms with Crippen molar-refractivity contribution in [2.24, 2.45) is 5.41 Å². The van der Waals surface area contributed by atoms with Crippen molar-refractivity contribution in [3.63, 3.8) is 0 Å². The van der Waals surface area contributed by atoms with Crippen molar-refractivity contribution < 1.29 is 95.2 Å². The molecule has 0 bridgehead atoms. The summed E-state index contributed by atoms with van der Waals surface area (Å²) in [5.74, 6) is -2.93. The number of Topliss-reactive ketones (excluding diaryl/α,β-unsaturated/α-hetero) is 1. The minimum absolute atomic E-state index is 0.0297. The van der Waals surface area contributed by atoms with Gasteiger partial charge in [0, 0.05) is 43.1 Å². The molecule has 1 aliphatic heterocycles. The maximum Gasteiger partial charge on any atom is 0.274 e. The van der Waals surface area contributed by atoms with Crippen LogP contribution in [0.15, 0.2) is 12.7 Å². The van der Waals surface area contributed by atoms with Gasteiger partial charge in [-0.1, -0.05) is 38.5 Å². The summed E-state index contributed by atoms with van der Waals surface area (Å²) in [4.78, 5) is 119. The normalized spacial score (nSPS) is 20.6. The van der Waals surface area contributed by atoms with Crippen LogP contribution in [0.5, 0.6) is 0 Å². The van der Waals surface area contributed by atoms with Gasteiger partial charge in [0.05, 0.1) is 33.8 Å². The van der Waals surface area contributed by atoms with Crippen molar-refractivity contribution in [2.45, 2.75) is 95.9 Å². The molecule has 1 aliphatic rings. The number of carbonyl (C=O) groups is 5. The van der Waals surface area contributed by atoms with Crippen LogP contribution in [-0.4, -0.2) is 115 Å². The summed E-state index contributed by atoms with van der Waals surface area (Å²) in [6.07, 6.45) is -5.72. The molecule has 2 unspecified atom stereocenters. The highest BCUT2D eigenvalue weighted by Crippen LogP contribution is 2.56. The maximum absolute atomic E-state index is 12.6. The van der Waals surface area contributed by atoms with Gasteiger partial charge in [0.15, 0.2) is 22.8 Å². The number of carbonyl (C=O) groups excluding carboxylic acids is 5. The van der Waals surface area contributed by atoms with Crippen LogP contribution < -0.4 is 41.0 Å². The highest BCUT2D eigenvalue weighted by Gasteiger charge is 2.47. The molecule has 0 saturated carbocycles. The van der Waals surface area contributed by atoms with Gasteiger partial charge < -0.3 is 78.9 Å². The molecule has 2 aromatic rings. The summed E-state index contributed by atoms with van der Waals surface area (Å²) in [7, 11) is -17.7. The molecular formula is C31H45N7O20P3S-5. The molecule has 0 aliphatic carbocycles. The van der Waals surface area contributed by atoms with Crippen LogP contribution in [-0.2, 0) is 60.3 Å². The van der Waals surface area contributed by atoms with Crippen LogP contribution in [0, 0.1) is 5.41 Å². The fraction of sp³-hybridized carbons (Fsp3) is 0.677. The molecule has 350 valence electrons. The number of ketones is 1. The lowest BCUT2D eigenvalue weighted by Crippen LogP contribution is -2.46. The van der Waals surface area contributed by atoms with E-state index in [-0.39, 0.29) is 72.4 Å². The van der Waals surface area contributed by atoms with Crippen molar-refractivity contribution in [1.29, 1.82) is 0 Å². The van der Waals surface area contributed by atoms with Crippen molar-refractivity contribution in [1.82, 2.24) is 30.2 Å². The van der Waals surface area contributed by atoms with Crippen LogP contribution >= 0.6 is 35.2 Å². The number of imidazole rings is 1. The van der Waals surface area contributed by atoms with E-state index in [2.05, 4.69) is 43.5 Å². The van der Waals surface area contributed by atoms with Crippen LogP contribution in [0.3, 0.4) is 0 Å². The van der Waals surface area contributed by atoms with Gasteiger partial charge in [-0.3, -0.25) is 32.9 Å². The number of unbranched alkanes of at least 4 members (excludes halogenated alkanes) is 3. The van der Waals surface area contributed by atoms with Gasteiger partial charge in [-0.05, 0) is 19.3 Å². The smallest absolute Gasteiger partial charge is 0.274 e. The summed E-state index contributed by atoms with van der Waals surface area (Å²) in [6, 6.07) is 0. The number of aromatic nitrogens is 4. The molecule has 0 aromatic carbocycles. The molecule has 31 heteroatoms. The van der Waals surface area contributed by atoms with Crippen LogP contribution in [0.2, 0.25) is 0 Å². The van der Waals surface area contributed by atoms with E-state index >= 15 is 0 Å². The number of nitrogens with zero attached hydrogens (tertiary/aromatic N) is 4. The summed E-state index contributed by atoms with van der Waals surface area (Å²) in [6.45, 7) is -0.225. The maximum atomic E-state index is 12.6. The molecule has 0 spiro atoms. The molecule has 7 atom stereocenters. The second kappa shape index (κ2) is 23.6. The highest BCUT2D eigenvalue weighted by molar-refractivity contribution is 8.13. The first kappa shape index (κ1) is 53.0. The first-order chi connectivity index (χ1) is 28.8. The van der Waals surface area contributed by atoms with Crippen LogP contribution in [0.4, 0.5) is 5.82 Å². The summed E-state index contributed by atoms with van der Waals surface area (Å²) in [5.41, 5.74) is 4.00. The first-order valence-corrected chi connectivity index (χ1v) is 23.9. The van der Waals surface area contributed by atoms with Gasteiger partial charge in [0.25, 0.3) is 15.6 Å². The number of nitrogens with two attached hydrogens (primary N) is 1. The second-order valence-corrected chi connectivity index (χ2v) is 19.4. The number of ether oxygens (including phenoxy) is 1. The van der Waals surface area contributed by atoms with Gasteiger partial charge in [0.1, 0.15) is 42.0 Å². The Balaban J connectivity index is 1.40. The zero-order valence-electron chi connectivity index (χ0n) is 33.1. The molecule has 2 aromatic heterocycles. The number of thioether (sulfide) groups is 1. The number of fused-ring (bicyclic) bond motifs is 1. The minimum Gasteiger partial charge on any atom is -0.790 e. The summed E-state index contributed by atoms with van der Waals surface area (Å²) >= 11 is 0.844. The SMILES string of the molecule is CC(C)(COP(=O)([O-])OP(=O)([O-])OC[C@H]1O[C@@H](n2cnc3c(N)ncnc32)[C@H](O)[C@@H]1OP(=O)([O-])[O-])[C@@H](O)C(=O)NCCC(=O)NCCSC(=O)CC(=O)CCCCCCC(=O)[O-]. The zero-order chi connectivity index (χ0) is 46.5. The number of rotatable bonds is 28. The number of phosphoric acid groups is 3. The second-order valence-electron chi connectivity index (χ2n) is 14.2. The third kappa shape index (κ3) is 17.7. The molecule has 0 radical (unpaired) electrons. The molecule has 3 heterocycles. The van der Waals surface area contributed by atoms with E-state index < -0.39 is 90.5 Å². The molecular weight excluding hydrogens is 915 g/mol. The number of aliphatic hydroxyl groups excluding tert-OH is 2. The van der Waals surface area contributed by atoms with Crippen molar-refractivity contribution in [2.75, 3.05) is 37.8 Å². The summed E-state index contributed by atoms with van der Waals surface area (Å²) < 4.78 is 60.5. The predicted octanol–water partition coefficient (Wildman–Crippen LogP) is -3.81. The number of aliphatic carboxylic acids is 1. The average Bonchev–Trinajstić information content (AvgIpc) is 3.72. The van der Waals surface area contributed by atoms with Gasteiger partial charge >= 0.3 is 0 Å². The Morgan fingerprint density at radius 3 is 2.29 bits per heavy atom. The fourth-order valence-electron chi connectivity index (χ4n) is 5.52. The van der Waals surface area contributed by atoms with E-state index in [9.17, 15) is 72.6 Å². The lowest BCUT2D eigenvalue weighted by molar-refractivity contribution is -0.347. The number of carboxylic acids is 1. The van der Waals surface area contributed by atoms with E-state index in [0.29, 0.717) is 25.7 Å². The Labute approximate surface area is 357 Å². The molecule has 27 nitrogen and oxygen atoms in total. The lowest BCUT2D eigenvalue weighted by atomic mass is 9.87. The standard InChI is InChI=1S/C31H50N7O20P3S/c1-31(2,26(45)29(46)34-10-9-20(40)33-11-12-62-22(43)13-18(39)7-5-3-4-6-8-21(41)42)15-55-61(52,53)58-60(50,51)54-14-19-25(57-59(47,48)49)24(44)30(56-19)38-17-37-23-27(32)35-16-36-28(23)38/h16-17,19,24-26,30,44-45H,3-15H2,1-2H3,(H,33,40)(H,34,46)(H,41,42)(H,50,51)(H,52,53)(H2,32,35,36)(H2,47,48,49)/p-5/t19-,24-,25-,26+,30-/m1/s1. The van der Waals surface area contributed by atoms with E-state index in [1.165, 1.54) is 13.8 Å². The molecule has 62 heavy (non-hydrogen) atoms. The van der Waals surface area contributed by atoms with Crippen molar-refractivity contribution in [3.05, 3.63) is 12.7 Å². The van der Waals surface area contributed by atoms with E-state index in [0.717, 1.165) is 29.0 Å². The third-order valence-electron chi connectivity index (χ3n) is 8.67. The average molecular weight is 961 g/mol. The Kier molecular flexibility index (Phi) is 20.2. The van der Waals surface area contributed by atoms with Crippen molar-refractivity contribution in [3.8, 4) is 0 Å². The third-order valence-corrected chi connectivity index (χ3v) is 12.6. The molecule has 3 rings (SSSR count). The largest absolute Gasteiger partial charge is 0.790 e. The number of hydrogen-bond acceptors (Lipinski definition) is 25. The van der Waals surface area contributed by atoms with Gasteiger partial charge in [-0.2, -0.15) is 0 Å². The van der Waals surface area contributed by atoms with E-state index in [4.69, 9.17) is 10.5 Å². The van der Waals surface area contributed by atoms with Crippen molar-refractivity contribution >= 4 is 80.9 Å². The van der Waals surface area contributed by atoms with Gasteiger partial charge in [0.2, 0.25) is 11.8 Å². The topological polar surface area (TPSA) is 432 Å². The Morgan fingerprint density at radius 1 is 0.968 bits per heavy atom. The highest BCUT2D eigenvalue weighted by atomic mass is 32.2. The summed E-state index contributed by atoms with van der Waals surface area (Å²) in [5, 5.41) is 36.1. The van der Waals surface area contributed by atoms with Gasteiger partial charge in [-0.15, -0.1) is 0 Å². The quantitative estimate of drug-likeness (QED) is 0.0310. The monoisotopic (exact) mass is 960 g/mol. The molecule has 6 N–H and O–H groups in total. The number of anilines is 1. The Morgan fingerprint density at radius 2 is 1.63 bits per heavy atom. The predicted molar refractivity (Wildman–Crippen MR) is 201 cm³/mol. The zero-order valence-corrected chi connectivity index (χ0v) is 36.6. The Hall–Kier alpha value is -3.30. The minimum atomic E-state index is -5.94. The van der Waals surface area contributed by atoms with E-state index in [1.54, 1.807) is 0 Å². The van der Waals surface area contributed by atoms with Crippen LogP contribution in [0.1, 0.15) is 71.4 Å². The number of hydrogen-bond donors (Lipinski definition) is 5.